The van der Waals surface area contributed by atoms with E-state index in [2.05, 4.69) is 10.6 Å². The van der Waals surface area contributed by atoms with Crippen LogP contribution >= 0.6 is 12.2 Å². The van der Waals surface area contributed by atoms with Gasteiger partial charge < -0.3 is 10.2 Å². The molecule has 1 aliphatic heterocycles. The molecule has 35 heavy (non-hydrogen) atoms. The number of Topliss-reactive ketones (excluding diaryl/α,β-unsaturated/α-hetero) is 1. The third-order valence-electron chi connectivity index (χ3n) is 5.80. The average molecular weight is 495 g/mol. The SMILES string of the molecule is CC(=O)c1ccc(NC(=O)CC2C(=O)N(c3ccc(C)cc3)C(=S)N2Cc2c(=O)o[nH][n+]2C)cc1. The normalized spacial score (nSPS) is 15.6. The van der Waals surface area contributed by atoms with Gasteiger partial charge in [0.05, 0.1) is 12.1 Å². The zero-order valence-corrected chi connectivity index (χ0v) is 20.2. The van der Waals surface area contributed by atoms with Gasteiger partial charge in [0.2, 0.25) is 5.91 Å². The number of carbonyl (C=O) groups is 3. The fourth-order valence-corrected chi connectivity index (χ4v) is 4.20. The number of hydrogen-bond donors (Lipinski definition) is 2. The molecule has 4 rings (SSSR count). The minimum absolute atomic E-state index is 0.0273. The maximum Gasteiger partial charge on any atom is 0.431 e. The standard InChI is InChI=1S/C24H23N5O5S/c1-14-4-10-18(11-5-14)29-22(32)19(28(24(29)35)13-20-23(33)34-26-27(20)3)12-21(31)25-17-8-6-16(7-9-17)15(2)30/h4-11,19H,12-13H2,1-3H3,(H-,25,26,30,31,33)/p+1. The highest BCUT2D eigenvalue weighted by Crippen LogP contribution is 2.28. The summed E-state index contributed by atoms with van der Waals surface area (Å²) in [7, 11) is 1.60. The molecule has 3 aromatic rings. The maximum absolute atomic E-state index is 13.5. The number of carbonyl (C=O) groups excluding carboxylic acids is 3. The van der Waals surface area contributed by atoms with Crippen LogP contribution in [0.4, 0.5) is 11.4 Å². The van der Waals surface area contributed by atoms with Gasteiger partial charge in [-0.1, -0.05) is 22.4 Å². The highest BCUT2D eigenvalue weighted by atomic mass is 32.1. The molecule has 1 saturated heterocycles. The smallest absolute Gasteiger partial charge is 0.326 e. The Bertz CT molecular complexity index is 1360. The first-order chi connectivity index (χ1) is 16.7. The Morgan fingerprint density at radius 1 is 1.11 bits per heavy atom. The van der Waals surface area contributed by atoms with Crippen molar-refractivity contribution in [3.63, 3.8) is 0 Å². The molecule has 2 amide bonds. The number of benzene rings is 2. The molecule has 10 nitrogen and oxygen atoms in total. The fraction of sp³-hybridized carbons (Fsp3) is 0.250. The lowest BCUT2D eigenvalue weighted by atomic mass is 10.1. The quantitative estimate of drug-likeness (QED) is 0.292. The first-order valence-electron chi connectivity index (χ1n) is 10.8. The molecular weight excluding hydrogens is 470 g/mol. The number of aromatic amines is 1. The molecule has 11 heteroatoms. The number of rotatable bonds is 7. The summed E-state index contributed by atoms with van der Waals surface area (Å²) in [6, 6.07) is 12.8. The summed E-state index contributed by atoms with van der Waals surface area (Å²) in [6.07, 6.45) is -0.199. The van der Waals surface area contributed by atoms with Crippen molar-refractivity contribution in [2.75, 3.05) is 10.2 Å². The summed E-state index contributed by atoms with van der Waals surface area (Å²) in [5.74, 6) is -0.867. The molecule has 2 aromatic carbocycles. The van der Waals surface area contributed by atoms with Gasteiger partial charge in [0.1, 0.15) is 12.6 Å². The van der Waals surface area contributed by atoms with Gasteiger partial charge in [-0.05, 0) is 67.7 Å². The maximum atomic E-state index is 13.5. The van der Waals surface area contributed by atoms with Gasteiger partial charge in [0, 0.05) is 11.3 Å². The van der Waals surface area contributed by atoms with E-state index in [-0.39, 0.29) is 35.5 Å². The number of thiocarbonyl (C=S) groups is 1. The molecule has 0 saturated carbocycles. The predicted molar refractivity (Wildman–Crippen MR) is 131 cm³/mol. The first kappa shape index (κ1) is 24.0. The topological polar surface area (TPSA) is 120 Å². The molecule has 180 valence electrons. The van der Waals surface area contributed by atoms with Crippen LogP contribution in [0.25, 0.3) is 0 Å². The number of anilines is 2. The van der Waals surface area contributed by atoms with Crippen molar-refractivity contribution in [3.8, 4) is 0 Å². The van der Waals surface area contributed by atoms with Gasteiger partial charge in [0.15, 0.2) is 17.9 Å². The van der Waals surface area contributed by atoms with Crippen LogP contribution in [0.5, 0.6) is 0 Å². The number of hydrogen-bond acceptors (Lipinski definition) is 6. The summed E-state index contributed by atoms with van der Waals surface area (Å²) in [5, 5.41) is 5.38. The zero-order valence-electron chi connectivity index (χ0n) is 19.4. The van der Waals surface area contributed by atoms with E-state index in [0.29, 0.717) is 16.9 Å². The van der Waals surface area contributed by atoms with E-state index in [1.807, 2.05) is 19.1 Å². The Balaban J connectivity index is 1.60. The van der Waals surface area contributed by atoms with E-state index in [0.717, 1.165) is 5.56 Å². The number of ketones is 1. The monoisotopic (exact) mass is 494 g/mol. The molecule has 1 unspecified atom stereocenters. The Morgan fingerprint density at radius 3 is 2.34 bits per heavy atom. The Morgan fingerprint density at radius 2 is 1.77 bits per heavy atom. The molecule has 2 N–H and O–H groups in total. The van der Waals surface area contributed by atoms with Crippen molar-refractivity contribution in [2.45, 2.75) is 32.9 Å². The highest BCUT2D eigenvalue weighted by molar-refractivity contribution is 7.80. The summed E-state index contributed by atoms with van der Waals surface area (Å²) in [5.41, 5.74) is 2.27. The van der Waals surface area contributed by atoms with Crippen LogP contribution in [0, 0.1) is 6.92 Å². The average Bonchev–Trinajstić information content (AvgIpc) is 3.25. The van der Waals surface area contributed by atoms with Gasteiger partial charge >= 0.3 is 11.3 Å². The fourth-order valence-electron chi connectivity index (χ4n) is 3.81. The van der Waals surface area contributed by atoms with Gasteiger partial charge in [-0.15, -0.1) is 0 Å². The second kappa shape index (κ2) is 9.63. The molecule has 1 atom stereocenters. The first-order valence-corrected chi connectivity index (χ1v) is 11.2. The molecule has 1 aliphatic rings. The molecule has 0 bridgehead atoms. The van der Waals surface area contributed by atoms with E-state index in [1.54, 1.807) is 48.3 Å². The van der Waals surface area contributed by atoms with Gasteiger partial charge in [0.25, 0.3) is 5.91 Å². The number of aromatic nitrogens is 2. The summed E-state index contributed by atoms with van der Waals surface area (Å²) in [6.45, 7) is 3.36. The third-order valence-corrected chi connectivity index (χ3v) is 6.22. The Hall–Kier alpha value is -4.12. The highest BCUT2D eigenvalue weighted by Gasteiger charge is 2.45. The molecule has 2 heterocycles. The molecule has 0 spiro atoms. The minimum Gasteiger partial charge on any atom is -0.326 e. The van der Waals surface area contributed by atoms with Crippen LogP contribution in [0.1, 0.15) is 35.0 Å². The van der Waals surface area contributed by atoms with Crippen LogP contribution in [0.2, 0.25) is 0 Å². The summed E-state index contributed by atoms with van der Waals surface area (Å²) in [4.78, 5) is 52.9. The lowest BCUT2D eigenvalue weighted by Gasteiger charge is -2.21. The zero-order chi connectivity index (χ0) is 25.3. The van der Waals surface area contributed by atoms with Crippen molar-refractivity contribution in [1.29, 1.82) is 0 Å². The Labute approximate surface area is 206 Å². The van der Waals surface area contributed by atoms with Crippen LogP contribution in [0.15, 0.2) is 57.8 Å². The molecule has 0 radical (unpaired) electrons. The second-order valence-corrected chi connectivity index (χ2v) is 8.67. The van der Waals surface area contributed by atoms with Crippen molar-refractivity contribution in [3.05, 3.63) is 75.8 Å². The number of amides is 2. The molecule has 1 aromatic heterocycles. The van der Waals surface area contributed by atoms with Gasteiger partial charge in [-0.25, -0.2) is 4.79 Å². The van der Waals surface area contributed by atoms with Gasteiger partial charge in [-0.3, -0.25) is 23.8 Å². The van der Waals surface area contributed by atoms with Crippen LogP contribution in [-0.2, 0) is 23.2 Å². The molecule has 0 aliphatic carbocycles. The van der Waals surface area contributed by atoms with E-state index < -0.39 is 17.6 Å². The van der Waals surface area contributed by atoms with Crippen molar-refractivity contribution < 1.29 is 23.6 Å². The van der Waals surface area contributed by atoms with Crippen molar-refractivity contribution in [1.82, 2.24) is 10.2 Å². The van der Waals surface area contributed by atoms with E-state index in [1.165, 1.54) is 16.5 Å². The van der Waals surface area contributed by atoms with Crippen molar-refractivity contribution in [2.24, 2.45) is 7.05 Å². The van der Waals surface area contributed by atoms with E-state index in [9.17, 15) is 19.2 Å². The number of H-pyrrole nitrogens is 1. The largest absolute Gasteiger partial charge is 0.431 e. The van der Waals surface area contributed by atoms with E-state index >= 15 is 0 Å². The second-order valence-electron chi connectivity index (χ2n) is 8.31. The number of aryl methyl sites for hydroxylation is 2. The van der Waals surface area contributed by atoms with Crippen LogP contribution in [0.3, 0.4) is 0 Å². The summed E-state index contributed by atoms with van der Waals surface area (Å²) < 4.78 is 6.23. The Kier molecular flexibility index (Phi) is 6.61. The molecular formula is C24H24N5O5S+. The number of nitrogens with zero attached hydrogens (tertiary/aromatic N) is 3. The third kappa shape index (κ3) is 4.90. The van der Waals surface area contributed by atoms with E-state index in [4.69, 9.17) is 16.7 Å². The molecule has 1 fully saturated rings. The van der Waals surface area contributed by atoms with Crippen molar-refractivity contribution >= 4 is 46.3 Å². The lowest BCUT2D eigenvalue weighted by molar-refractivity contribution is -0.746. The van der Waals surface area contributed by atoms with Crippen LogP contribution < -0.4 is 20.5 Å². The summed E-state index contributed by atoms with van der Waals surface area (Å²) >= 11 is 5.63. The van der Waals surface area contributed by atoms with Crippen LogP contribution in [-0.4, -0.2) is 38.9 Å². The lowest BCUT2D eigenvalue weighted by Crippen LogP contribution is -2.44. The van der Waals surface area contributed by atoms with Gasteiger partial charge in [-0.2, -0.15) is 0 Å². The predicted octanol–water partition coefficient (Wildman–Crippen LogP) is 1.83. The number of nitrogens with one attached hydrogen (secondary N) is 2. The minimum atomic E-state index is -0.936.